The van der Waals surface area contributed by atoms with Crippen LogP contribution >= 0.6 is 22.9 Å². The number of aliphatic hydroxyl groups is 1. The van der Waals surface area contributed by atoms with E-state index in [1.165, 1.54) is 11.3 Å². The molecule has 1 unspecified atom stereocenters. The molecule has 0 fully saturated rings. The molecule has 1 aromatic carbocycles. The van der Waals surface area contributed by atoms with Crippen LogP contribution in [0.25, 0.3) is 0 Å². The first-order chi connectivity index (χ1) is 13.3. The van der Waals surface area contributed by atoms with Crippen molar-refractivity contribution in [2.45, 2.75) is 32.8 Å². The molecule has 0 aliphatic carbocycles. The first-order valence-corrected chi connectivity index (χ1v) is 10.4. The Hall–Kier alpha value is -2.09. The van der Waals surface area contributed by atoms with E-state index in [0.29, 0.717) is 29.8 Å². The second-order valence-electron chi connectivity index (χ2n) is 6.65. The summed E-state index contributed by atoms with van der Waals surface area (Å²) < 4.78 is 0. The van der Waals surface area contributed by atoms with Gasteiger partial charge >= 0.3 is 0 Å². The molecule has 0 bridgehead atoms. The summed E-state index contributed by atoms with van der Waals surface area (Å²) >= 11 is 7.64. The fourth-order valence-electron chi connectivity index (χ4n) is 2.47. The van der Waals surface area contributed by atoms with Crippen LogP contribution in [0.3, 0.4) is 0 Å². The van der Waals surface area contributed by atoms with Gasteiger partial charge in [-0.05, 0) is 49.9 Å². The maximum Gasteiger partial charge on any atom is 0.226 e. The third kappa shape index (κ3) is 6.82. The molecule has 0 radical (unpaired) electrons. The summed E-state index contributed by atoms with van der Waals surface area (Å²) in [5.41, 5.74) is 0.607. The first kappa shape index (κ1) is 22.2. The summed E-state index contributed by atoms with van der Waals surface area (Å²) in [7, 11) is 0. The van der Waals surface area contributed by atoms with E-state index >= 15 is 0 Å². The highest BCUT2D eigenvalue weighted by Crippen LogP contribution is 2.25. The number of aliphatic imine (C=N–C) groups is 1. The second kappa shape index (κ2) is 10.5. The van der Waals surface area contributed by atoms with E-state index in [-0.39, 0.29) is 18.9 Å². The summed E-state index contributed by atoms with van der Waals surface area (Å²) in [5.74, 6) is 0.417. The number of nitrogens with one attached hydrogen (secondary N) is 3. The summed E-state index contributed by atoms with van der Waals surface area (Å²) in [6.45, 7) is 6.94. The molecule has 2 rings (SSSR count). The number of benzene rings is 1. The van der Waals surface area contributed by atoms with Crippen LogP contribution in [0, 0.1) is 6.92 Å². The normalized spacial score (nSPS) is 13.7. The molecular weight excluding hydrogens is 396 g/mol. The van der Waals surface area contributed by atoms with Crippen molar-refractivity contribution in [3.8, 4) is 0 Å². The average molecular weight is 423 g/mol. The van der Waals surface area contributed by atoms with E-state index < -0.39 is 5.60 Å². The molecule has 2 aromatic rings. The fraction of sp³-hybridized carbons (Fsp3) is 0.400. The van der Waals surface area contributed by atoms with Crippen molar-refractivity contribution >= 4 is 40.5 Å². The maximum atomic E-state index is 12.2. The molecule has 6 nitrogen and oxygen atoms in total. The van der Waals surface area contributed by atoms with Gasteiger partial charge < -0.3 is 21.1 Å². The Labute approximate surface area is 175 Å². The number of rotatable bonds is 8. The molecule has 0 aliphatic heterocycles. The van der Waals surface area contributed by atoms with Gasteiger partial charge in [-0.1, -0.05) is 23.7 Å². The zero-order chi connectivity index (χ0) is 20.6. The van der Waals surface area contributed by atoms with Crippen molar-refractivity contribution in [1.29, 1.82) is 0 Å². The monoisotopic (exact) mass is 422 g/mol. The topological polar surface area (TPSA) is 85.8 Å². The predicted molar refractivity (Wildman–Crippen MR) is 117 cm³/mol. The molecule has 4 N–H and O–H groups in total. The van der Waals surface area contributed by atoms with E-state index in [1.54, 1.807) is 13.0 Å². The first-order valence-electron chi connectivity index (χ1n) is 9.16. The van der Waals surface area contributed by atoms with Crippen LogP contribution in [-0.2, 0) is 10.4 Å². The van der Waals surface area contributed by atoms with Crippen molar-refractivity contribution < 1.29 is 9.90 Å². The lowest BCUT2D eigenvalue weighted by molar-refractivity contribution is -0.116. The lowest BCUT2D eigenvalue weighted by Crippen LogP contribution is -2.40. The van der Waals surface area contributed by atoms with Crippen molar-refractivity contribution in [1.82, 2.24) is 10.6 Å². The van der Waals surface area contributed by atoms with E-state index in [1.807, 2.05) is 43.5 Å². The fourth-order valence-corrected chi connectivity index (χ4v) is 3.53. The Kier molecular flexibility index (Phi) is 8.29. The molecule has 28 heavy (non-hydrogen) atoms. The van der Waals surface area contributed by atoms with Crippen molar-refractivity contribution in [3.63, 3.8) is 0 Å². The standard InChI is InChI=1S/C20H27ClN4O2S/c1-4-22-19(24-13-20(3,27)17-6-5-11-28-17)23-10-9-18(26)25-16-8-7-14(2)12-15(16)21/h5-8,11-12,27H,4,9-10,13H2,1-3H3,(H,25,26)(H2,22,23,24). The average Bonchev–Trinajstić information content (AvgIpc) is 3.18. The lowest BCUT2D eigenvalue weighted by atomic mass is 10.1. The van der Waals surface area contributed by atoms with Gasteiger partial charge in [0.1, 0.15) is 5.60 Å². The maximum absolute atomic E-state index is 12.2. The summed E-state index contributed by atoms with van der Waals surface area (Å²) in [6, 6.07) is 9.29. The molecule has 0 saturated carbocycles. The number of hydrogen-bond donors (Lipinski definition) is 4. The van der Waals surface area contributed by atoms with Gasteiger partial charge in [-0.2, -0.15) is 0 Å². The highest BCUT2D eigenvalue weighted by molar-refractivity contribution is 7.10. The Morgan fingerprint density at radius 2 is 2.11 bits per heavy atom. The summed E-state index contributed by atoms with van der Waals surface area (Å²) in [5, 5.41) is 22.1. The number of nitrogens with zero attached hydrogens (tertiary/aromatic N) is 1. The minimum absolute atomic E-state index is 0.139. The number of carbonyl (C=O) groups is 1. The van der Waals surface area contributed by atoms with Gasteiger partial charge in [-0.15, -0.1) is 11.3 Å². The zero-order valence-corrected chi connectivity index (χ0v) is 18.0. The minimum atomic E-state index is -1.03. The molecule has 0 spiro atoms. The minimum Gasteiger partial charge on any atom is -0.383 e. The van der Waals surface area contributed by atoms with Gasteiger partial charge in [-0.25, -0.2) is 4.99 Å². The third-order valence-electron chi connectivity index (χ3n) is 3.98. The van der Waals surface area contributed by atoms with Gasteiger partial charge in [0, 0.05) is 24.4 Å². The summed E-state index contributed by atoms with van der Waals surface area (Å²) in [4.78, 5) is 17.5. The highest BCUT2D eigenvalue weighted by atomic mass is 35.5. The van der Waals surface area contributed by atoms with E-state index in [4.69, 9.17) is 11.6 Å². The van der Waals surface area contributed by atoms with Crippen molar-refractivity contribution in [2.75, 3.05) is 25.0 Å². The number of hydrogen-bond acceptors (Lipinski definition) is 4. The molecule has 152 valence electrons. The number of guanidine groups is 1. The number of halogens is 1. The number of aryl methyl sites for hydroxylation is 1. The van der Waals surface area contributed by atoms with Gasteiger partial charge in [0.25, 0.3) is 0 Å². The molecule has 0 aliphatic rings. The van der Waals surface area contributed by atoms with Crippen LogP contribution < -0.4 is 16.0 Å². The number of carbonyl (C=O) groups excluding carboxylic acids is 1. The van der Waals surface area contributed by atoms with Crippen LogP contribution in [-0.4, -0.2) is 36.6 Å². The largest absolute Gasteiger partial charge is 0.383 e. The molecule has 0 saturated heterocycles. The molecule has 1 amide bonds. The zero-order valence-electron chi connectivity index (χ0n) is 16.4. The van der Waals surface area contributed by atoms with E-state index in [9.17, 15) is 9.90 Å². The molecule has 1 aromatic heterocycles. The van der Waals surface area contributed by atoms with Crippen molar-refractivity contribution in [3.05, 3.63) is 51.2 Å². The lowest BCUT2D eigenvalue weighted by Gasteiger charge is -2.20. The van der Waals surface area contributed by atoms with Gasteiger partial charge in [0.15, 0.2) is 5.96 Å². The number of amides is 1. The van der Waals surface area contributed by atoms with Crippen LogP contribution in [0.1, 0.15) is 30.7 Å². The molecule has 1 atom stereocenters. The van der Waals surface area contributed by atoms with Crippen molar-refractivity contribution in [2.24, 2.45) is 4.99 Å². The SMILES string of the molecule is CCNC(=NCC(C)(O)c1cccs1)NCCC(=O)Nc1ccc(C)cc1Cl. The molecule has 8 heteroatoms. The third-order valence-corrected chi connectivity index (χ3v) is 5.42. The van der Waals surface area contributed by atoms with Crippen LogP contribution in [0.5, 0.6) is 0 Å². The second-order valence-corrected chi connectivity index (χ2v) is 8.01. The van der Waals surface area contributed by atoms with Gasteiger partial charge in [0.05, 0.1) is 17.3 Å². The Morgan fingerprint density at radius 3 is 2.75 bits per heavy atom. The van der Waals surface area contributed by atoms with Crippen LogP contribution in [0.15, 0.2) is 40.7 Å². The van der Waals surface area contributed by atoms with Gasteiger partial charge in [-0.3, -0.25) is 4.79 Å². The Balaban J connectivity index is 1.86. The Bertz CT molecular complexity index is 807. The van der Waals surface area contributed by atoms with E-state index in [2.05, 4.69) is 20.9 Å². The van der Waals surface area contributed by atoms with Gasteiger partial charge in [0.2, 0.25) is 5.91 Å². The molecule has 1 heterocycles. The van der Waals surface area contributed by atoms with Crippen LogP contribution in [0.2, 0.25) is 5.02 Å². The Morgan fingerprint density at radius 1 is 1.32 bits per heavy atom. The predicted octanol–water partition coefficient (Wildman–Crippen LogP) is 3.50. The van der Waals surface area contributed by atoms with Crippen LogP contribution in [0.4, 0.5) is 5.69 Å². The number of thiophene rings is 1. The smallest absolute Gasteiger partial charge is 0.226 e. The summed E-state index contributed by atoms with van der Waals surface area (Å²) in [6.07, 6.45) is 0.260. The highest BCUT2D eigenvalue weighted by Gasteiger charge is 2.24. The molecular formula is C20H27ClN4O2S. The van der Waals surface area contributed by atoms with E-state index in [0.717, 1.165) is 10.4 Å². The quantitative estimate of drug-likeness (QED) is 0.387. The number of anilines is 1.